The number of aryl methyl sites for hydroxylation is 1. The molecule has 0 aliphatic heterocycles. The molecule has 2 amide bonds. The fraction of sp³-hybridized carbons (Fsp3) is 0.355. The third-order valence-electron chi connectivity index (χ3n) is 6.92. The minimum atomic E-state index is -4.08. The molecule has 9 heteroatoms. The molecule has 0 saturated carbocycles. The number of methoxy groups -OCH3 is 1. The molecule has 0 saturated heterocycles. The predicted molar refractivity (Wildman–Crippen MR) is 158 cm³/mol. The van der Waals surface area contributed by atoms with Crippen molar-refractivity contribution in [1.82, 2.24) is 10.2 Å². The van der Waals surface area contributed by atoms with Crippen LogP contribution in [0.5, 0.6) is 5.75 Å². The lowest BCUT2D eigenvalue weighted by molar-refractivity contribution is -0.139. The highest BCUT2D eigenvalue weighted by atomic mass is 32.2. The first-order valence-electron chi connectivity index (χ1n) is 13.5. The summed E-state index contributed by atoms with van der Waals surface area (Å²) in [5.41, 5.74) is 2.20. The molecular weight excluding hydrogens is 526 g/mol. The van der Waals surface area contributed by atoms with Crippen LogP contribution in [0.2, 0.25) is 0 Å². The first kappa shape index (κ1) is 30.7. The second-order valence-electron chi connectivity index (χ2n) is 9.71. The summed E-state index contributed by atoms with van der Waals surface area (Å²) in [4.78, 5) is 28.6. The van der Waals surface area contributed by atoms with Crippen LogP contribution in [0.1, 0.15) is 45.2 Å². The molecule has 0 radical (unpaired) electrons. The molecule has 0 aliphatic rings. The summed E-state index contributed by atoms with van der Waals surface area (Å²) < 4.78 is 34.0. The fourth-order valence-electron chi connectivity index (χ4n) is 4.12. The maximum Gasteiger partial charge on any atom is 0.264 e. The molecule has 0 spiro atoms. The van der Waals surface area contributed by atoms with Crippen molar-refractivity contribution in [3.8, 4) is 5.75 Å². The number of nitrogens with zero attached hydrogens (tertiary/aromatic N) is 2. The maximum absolute atomic E-state index is 14.0. The largest absolute Gasteiger partial charge is 0.497 e. The Kier molecular flexibility index (Phi) is 10.7. The quantitative estimate of drug-likeness (QED) is 0.322. The van der Waals surface area contributed by atoms with Crippen LogP contribution in [0, 0.1) is 0 Å². The lowest BCUT2D eigenvalue weighted by atomic mass is 10.1. The van der Waals surface area contributed by atoms with Gasteiger partial charge in [-0.1, -0.05) is 56.3 Å². The number of carbonyl (C=O) groups excluding carboxylic acids is 2. The number of anilines is 1. The van der Waals surface area contributed by atoms with E-state index in [0.29, 0.717) is 11.4 Å². The Bertz CT molecular complexity index is 1360. The molecule has 3 rings (SSSR count). The molecule has 1 N–H and O–H groups in total. The Balaban J connectivity index is 2.01. The van der Waals surface area contributed by atoms with Crippen LogP contribution in [-0.4, -0.2) is 50.9 Å². The molecule has 0 aromatic heterocycles. The van der Waals surface area contributed by atoms with Crippen LogP contribution < -0.4 is 14.4 Å². The smallest absolute Gasteiger partial charge is 0.264 e. The summed E-state index contributed by atoms with van der Waals surface area (Å²) in [6.45, 7) is 7.18. The van der Waals surface area contributed by atoms with Gasteiger partial charge in [0.25, 0.3) is 10.0 Å². The SMILES string of the molecule is CCc1ccc(N(CC(=O)N(Cc2ccc(OC)cc2)[C@@H](C)C(=O)N[C@@H](C)CC)S(=O)(=O)c2ccccc2)cc1. The monoisotopic (exact) mass is 565 g/mol. The van der Waals surface area contributed by atoms with Gasteiger partial charge in [-0.25, -0.2) is 8.42 Å². The van der Waals surface area contributed by atoms with Gasteiger partial charge in [-0.05, 0) is 74.2 Å². The summed E-state index contributed by atoms with van der Waals surface area (Å²) in [5.74, 6) is -0.137. The molecule has 0 fully saturated rings. The lowest BCUT2D eigenvalue weighted by Crippen LogP contribution is -2.52. The van der Waals surface area contributed by atoms with Crippen molar-refractivity contribution in [3.05, 3.63) is 90.0 Å². The van der Waals surface area contributed by atoms with Crippen molar-refractivity contribution < 1.29 is 22.7 Å². The molecule has 8 nitrogen and oxygen atoms in total. The Labute approximate surface area is 238 Å². The van der Waals surface area contributed by atoms with Gasteiger partial charge >= 0.3 is 0 Å². The highest BCUT2D eigenvalue weighted by molar-refractivity contribution is 7.92. The van der Waals surface area contributed by atoms with Crippen LogP contribution >= 0.6 is 0 Å². The first-order valence-corrected chi connectivity index (χ1v) is 14.9. The molecule has 0 heterocycles. The second kappa shape index (κ2) is 14.0. The van der Waals surface area contributed by atoms with Gasteiger partial charge in [-0.15, -0.1) is 0 Å². The molecule has 3 aromatic carbocycles. The van der Waals surface area contributed by atoms with E-state index in [0.717, 1.165) is 28.3 Å². The highest BCUT2D eigenvalue weighted by Gasteiger charge is 2.32. The summed E-state index contributed by atoms with van der Waals surface area (Å²) in [7, 11) is -2.51. The van der Waals surface area contributed by atoms with Gasteiger partial charge in [0.15, 0.2) is 0 Å². The third kappa shape index (κ3) is 7.63. The number of benzene rings is 3. The van der Waals surface area contributed by atoms with Gasteiger partial charge in [0.1, 0.15) is 18.3 Å². The van der Waals surface area contributed by atoms with Crippen molar-refractivity contribution in [2.75, 3.05) is 18.0 Å². The summed E-state index contributed by atoms with van der Waals surface area (Å²) in [6.07, 6.45) is 1.53. The van der Waals surface area contributed by atoms with Gasteiger partial charge in [-0.3, -0.25) is 13.9 Å². The van der Waals surface area contributed by atoms with Gasteiger partial charge in [0.2, 0.25) is 11.8 Å². The van der Waals surface area contributed by atoms with Crippen molar-refractivity contribution in [3.63, 3.8) is 0 Å². The molecule has 214 valence electrons. The molecule has 0 aliphatic carbocycles. The lowest BCUT2D eigenvalue weighted by Gasteiger charge is -2.32. The van der Waals surface area contributed by atoms with Crippen LogP contribution in [0.25, 0.3) is 0 Å². The van der Waals surface area contributed by atoms with Crippen molar-refractivity contribution in [2.24, 2.45) is 0 Å². The average molecular weight is 566 g/mol. The Morgan fingerprint density at radius 2 is 1.48 bits per heavy atom. The zero-order valence-electron chi connectivity index (χ0n) is 23.8. The van der Waals surface area contributed by atoms with E-state index in [9.17, 15) is 18.0 Å². The minimum Gasteiger partial charge on any atom is -0.497 e. The maximum atomic E-state index is 14.0. The van der Waals surface area contributed by atoms with E-state index >= 15 is 0 Å². The van der Waals surface area contributed by atoms with E-state index in [4.69, 9.17) is 4.74 Å². The standard InChI is InChI=1S/C31H39N3O5S/c1-6-23(3)32-31(36)24(4)33(21-26-15-19-28(39-5)20-16-26)30(35)22-34(27-17-13-25(7-2)14-18-27)40(37,38)29-11-9-8-10-12-29/h8-20,23-24H,6-7,21-22H2,1-5H3,(H,32,36)/t23-,24-/m0/s1. The van der Waals surface area contributed by atoms with Crippen LogP contribution in [0.4, 0.5) is 5.69 Å². The van der Waals surface area contributed by atoms with Gasteiger partial charge in [-0.2, -0.15) is 0 Å². The Morgan fingerprint density at radius 3 is 2.02 bits per heavy atom. The number of ether oxygens (including phenoxy) is 1. The number of carbonyl (C=O) groups is 2. The van der Waals surface area contributed by atoms with Crippen LogP contribution in [-0.2, 0) is 32.6 Å². The summed E-state index contributed by atoms with van der Waals surface area (Å²) in [5, 5.41) is 2.94. The topological polar surface area (TPSA) is 96.0 Å². The Morgan fingerprint density at radius 1 is 0.875 bits per heavy atom. The van der Waals surface area contributed by atoms with Crippen LogP contribution in [0.3, 0.4) is 0 Å². The predicted octanol–water partition coefficient (Wildman–Crippen LogP) is 4.78. The molecule has 2 atom stereocenters. The van der Waals surface area contributed by atoms with Crippen molar-refractivity contribution in [1.29, 1.82) is 0 Å². The van der Waals surface area contributed by atoms with Gasteiger partial charge < -0.3 is 15.0 Å². The zero-order valence-corrected chi connectivity index (χ0v) is 24.6. The number of hydrogen-bond donors (Lipinski definition) is 1. The number of amides is 2. The third-order valence-corrected chi connectivity index (χ3v) is 8.71. The molecular formula is C31H39N3O5S. The van der Waals surface area contributed by atoms with E-state index in [1.165, 1.54) is 17.0 Å². The molecule has 0 bridgehead atoms. The Hall–Kier alpha value is -3.85. The number of rotatable bonds is 13. The second-order valence-corrected chi connectivity index (χ2v) is 11.6. The van der Waals surface area contributed by atoms with Gasteiger partial charge in [0, 0.05) is 12.6 Å². The summed E-state index contributed by atoms with van der Waals surface area (Å²) >= 11 is 0. The highest BCUT2D eigenvalue weighted by Crippen LogP contribution is 2.25. The average Bonchev–Trinajstić information content (AvgIpc) is 2.98. The normalized spacial score (nSPS) is 12.7. The van der Waals surface area contributed by atoms with Crippen molar-refractivity contribution >= 4 is 27.5 Å². The fourth-order valence-corrected chi connectivity index (χ4v) is 5.56. The molecule has 0 unspecified atom stereocenters. The van der Waals surface area contributed by atoms with E-state index in [-0.39, 0.29) is 23.4 Å². The zero-order chi connectivity index (χ0) is 29.3. The van der Waals surface area contributed by atoms with E-state index < -0.39 is 28.5 Å². The van der Waals surface area contributed by atoms with Gasteiger partial charge in [0.05, 0.1) is 17.7 Å². The molecule has 40 heavy (non-hydrogen) atoms. The van der Waals surface area contributed by atoms with E-state index in [2.05, 4.69) is 5.32 Å². The van der Waals surface area contributed by atoms with E-state index in [1.54, 1.807) is 56.5 Å². The number of nitrogens with one attached hydrogen (secondary N) is 1. The number of sulfonamides is 1. The number of hydrogen-bond acceptors (Lipinski definition) is 5. The van der Waals surface area contributed by atoms with Crippen LogP contribution in [0.15, 0.2) is 83.8 Å². The first-order chi connectivity index (χ1) is 19.1. The minimum absolute atomic E-state index is 0.0695. The van der Waals surface area contributed by atoms with E-state index in [1.807, 2.05) is 45.0 Å². The summed E-state index contributed by atoms with van der Waals surface area (Å²) in [6, 6.07) is 21.4. The molecule has 3 aromatic rings. The van der Waals surface area contributed by atoms with Crippen molar-refractivity contribution in [2.45, 2.75) is 64.1 Å².